The van der Waals surface area contributed by atoms with E-state index in [9.17, 15) is 10.2 Å². The molecule has 0 saturated carbocycles. The second-order valence-electron chi connectivity index (χ2n) is 4.59. The van der Waals surface area contributed by atoms with Crippen LogP contribution in [0, 0.1) is 24.3 Å². The fraction of sp³-hybridized carbons (Fsp3) is 0.125. The molecule has 0 amide bonds. The van der Waals surface area contributed by atoms with Crippen LogP contribution in [0.1, 0.15) is 11.1 Å². The predicted octanol–water partition coefficient (Wildman–Crippen LogP) is 1.82. The van der Waals surface area contributed by atoms with Gasteiger partial charge in [-0.15, -0.1) is 0 Å². The van der Waals surface area contributed by atoms with Crippen molar-refractivity contribution in [3.8, 4) is 11.5 Å². The molecule has 0 aliphatic rings. The summed E-state index contributed by atoms with van der Waals surface area (Å²) in [7, 11) is 0. The summed E-state index contributed by atoms with van der Waals surface area (Å²) in [6.07, 6.45) is 0. The minimum Gasteiger partial charge on any atom is -0.508 e. The van der Waals surface area contributed by atoms with E-state index in [1.165, 1.54) is 0 Å². The number of aromatic hydroxyl groups is 2. The summed E-state index contributed by atoms with van der Waals surface area (Å²) in [5.41, 5.74) is 1.59. The lowest BCUT2D eigenvalue weighted by Gasteiger charge is -2.01. The van der Waals surface area contributed by atoms with Crippen molar-refractivity contribution in [1.29, 1.82) is 0 Å². The zero-order valence-electron chi connectivity index (χ0n) is 10.6. The molecule has 0 unspecified atom stereocenters. The molecule has 0 fully saturated rings. The first kappa shape index (κ1) is 12.2. The molecule has 0 saturated heterocycles. The summed E-state index contributed by atoms with van der Waals surface area (Å²) in [6, 6.07) is 7.06. The van der Waals surface area contributed by atoms with Crippen molar-refractivity contribution in [3.63, 3.8) is 0 Å². The van der Waals surface area contributed by atoms with E-state index in [1.54, 1.807) is 12.1 Å². The lowest BCUT2D eigenvalue weighted by molar-refractivity contribution is 0.469. The van der Waals surface area contributed by atoms with Gasteiger partial charge in [-0.3, -0.25) is 0 Å². The second kappa shape index (κ2) is 4.22. The monoisotopic (exact) mass is 240 g/mol. The highest BCUT2D eigenvalue weighted by molar-refractivity contribution is 5.38. The van der Waals surface area contributed by atoms with Gasteiger partial charge in [-0.25, -0.2) is 0 Å². The topological polar surface area (TPSA) is 40.5 Å². The first-order chi connectivity index (χ1) is 8.40. The van der Waals surface area contributed by atoms with Crippen LogP contribution in [0.15, 0.2) is 24.3 Å². The molecule has 0 bridgehead atoms. The van der Waals surface area contributed by atoms with Gasteiger partial charge < -0.3 is 10.2 Å². The number of phenols is 2. The molecule has 0 spiro atoms. The molecule has 92 valence electrons. The number of hydrogen-bond donors (Lipinski definition) is 2. The largest absolute Gasteiger partial charge is 0.508 e. The number of aryl methyl sites for hydroxylation is 2. The maximum Gasteiger partial charge on any atom is 0.119 e. The molecule has 18 heavy (non-hydrogen) atoms. The second-order valence-corrected chi connectivity index (χ2v) is 4.59. The summed E-state index contributed by atoms with van der Waals surface area (Å²) in [4.78, 5) is 0. The van der Waals surface area contributed by atoms with Crippen LogP contribution < -0.4 is 10.4 Å². The molecule has 0 atom stereocenters. The summed E-state index contributed by atoms with van der Waals surface area (Å²) in [5.74, 6) is 0.481. The highest BCUT2D eigenvalue weighted by Crippen LogP contribution is 2.14. The summed E-state index contributed by atoms with van der Waals surface area (Å²) >= 11 is 0. The zero-order chi connectivity index (χ0) is 13.4. The van der Waals surface area contributed by atoms with E-state index in [0.717, 1.165) is 32.0 Å². The Bertz CT molecular complexity index is 735. The maximum atomic E-state index is 9.64. The van der Waals surface area contributed by atoms with E-state index in [-0.39, 0.29) is 11.5 Å². The molecule has 0 heterocycles. The lowest BCUT2D eigenvalue weighted by Crippen LogP contribution is -2.08. The van der Waals surface area contributed by atoms with E-state index < -0.39 is 0 Å². The molecule has 2 heteroatoms. The first-order valence-electron chi connectivity index (χ1n) is 5.71. The van der Waals surface area contributed by atoms with E-state index in [1.807, 2.05) is 26.0 Å². The Labute approximate surface area is 105 Å². The van der Waals surface area contributed by atoms with Crippen LogP contribution in [0.25, 0.3) is 13.2 Å². The molecular weight excluding hydrogens is 224 g/mol. The van der Waals surface area contributed by atoms with Crippen molar-refractivity contribution >= 4 is 13.2 Å². The molecule has 0 aromatic heterocycles. The van der Waals surface area contributed by atoms with Crippen molar-refractivity contribution in [2.24, 2.45) is 0 Å². The van der Waals surface area contributed by atoms with Gasteiger partial charge in [0, 0.05) is 0 Å². The number of phenolic OH excluding ortho intramolecular Hbond substituents is 2. The van der Waals surface area contributed by atoms with E-state index in [0.29, 0.717) is 0 Å². The van der Waals surface area contributed by atoms with Gasteiger partial charge in [-0.05, 0) is 70.1 Å². The molecule has 2 aromatic carbocycles. The summed E-state index contributed by atoms with van der Waals surface area (Å²) in [6.45, 7) is 11.6. The third kappa shape index (κ3) is 1.97. The van der Waals surface area contributed by atoms with Gasteiger partial charge >= 0.3 is 0 Å². The van der Waals surface area contributed by atoms with E-state index >= 15 is 0 Å². The highest BCUT2D eigenvalue weighted by Gasteiger charge is 1.99. The smallest absolute Gasteiger partial charge is 0.119 e. The van der Waals surface area contributed by atoms with Crippen LogP contribution >= 0.6 is 0 Å². The Balaban J connectivity index is 3.11. The molecule has 0 aliphatic heterocycles. The van der Waals surface area contributed by atoms with Gasteiger partial charge in [0.05, 0.1) is 0 Å². The summed E-state index contributed by atoms with van der Waals surface area (Å²) < 4.78 is 0. The van der Waals surface area contributed by atoms with Crippen LogP contribution in [0.4, 0.5) is 0 Å². The number of hydrogen-bond acceptors (Lipinski definition) is 2. The Morgan fingerprint density at radius 3 is 1.39 bits per heavy atom. The van der Waals surface area contributed by atoms with Crippen molar-refractivity contribution < 1.29 is 10.2 Å². The SMILES string of the molecule is C=c1cc(O)c(C)c/c1=c1/cc(C)c(O)cc1=C. The fourth-order valence-corrected chi connectivity index (χ4v) is 1.98. The average Bonchev–Trinajstić information content (AvgIpc) is 2.29. The zero-order valence-corrected chi connectivity index (χ0v) is 10.6. The van der Waals surface area contributed by atoms with Crippen molar-refractivity contribution in [1.82, 2.24) is 0 Å². The average molecular weight is 240 g/mol. The third-order valence-corrected chi connectivity index (χ3v) is 3.13. The van der Waals surface area contributed by atoms with Gasteiger partial charge in [-0.2, -0.15) is 0 Å². The number of benzene rings is 2. The van der Waals surface area contributed by atoms with Gasteiger partial charge in [-0.1, -0.05) is 13.2 Å². The van der Waals surface area contributed by atoms with Crippen LogP contribution in [-0.4, -0.2) is 10.2 Å². The van der Waals surface area contributed by atoms with E-state index in [2.05, 4.69) is 13.2 Å². The molecule has 2 N–H and O–H groups in total. The number of rotatable bonds is 0. The Hall–Kier alpha value is -2.22. The maximum absolute atomic E-state index is 9.64. The normalized spacial score (nSPS) is 12.6. The van der Waals surface area contributed by atoms with Crippen LogP contribution in [-0.2, 0) is 0 Å². The fourth-order valence-electron chi connectivity index (χ4n) is 1.98. The Kier molecular flexibility index (Phi) is 2.87. The minimum absolute atomic E-state index is 0.241. The van der Waals surface area contributed by atoms with Crippen molar-refractivity contribution in [2.45, 2.75) is 13.8 Å². The van der Waals surface area contributed by atoms with Crippen LogP contribution in [0.3, 0.4) is 0 Å². The first-order valence-corrected chi connectivity index (χ1v) is 5.71. The quantitative estimate of drug-likeness (QED) is 0.737. The summed E-state index contributed by atoms with van der Waals surface area (Å²) in [5, 5.41) is 22.6. The van der Waals surface area contributed by atoms with Crippen molar-refractivity contribution in [2.75, 3.05) is 0 Å². The Morgan fingerprint density at radius 1 is 0.722 bits per heavy atom. The van der Waals surface area contributed by atoms with Crippen molar-refractivity contribution in [3.05, 3.63) is 56.3 Å². The van der Waals surface area contributed by atoms with Crippen LogP contribution in [0.5, 0.6) is 11.5 Å². The van der Waals surface area contributed by atoms with E-state index in [4.69, 9.17) is 0 Å². The third-order valence-electron chi connectivity index (χ3n) is 3.13. The molecular formula is C16H16O2. The standard InChI is InChI=1S/C16H16O2/c1-9-7-15(17)11(3)5-13(9)14-6-12(4)16(18)8-10(14)2/h5-8,17-18H,1-2H2,3-4H3/b14-13+. The molecule has 0 radical (unpaired) electrons. The van der Waals surface area contributed by atoms with Gasteiger partial charge in [0.1, 0.15) is 11.5 Å². The van der Waals surface area contributed by atoms with Gasteiger partial charge in [0.25, 0.3) is 0 Å². The highest BCUT2D eigenvalue weighted by atomic mass is 16.3. The predicted molar refractivity (Wildman–Crippen MR) is 73.7 cm³/mol. The van der Waals surface area contributed by atoms with Gasteiger partial charge in [0.15, 0.2) is 0 Å². The van der Waals surface area contributed by atoms with Crippen LogP contribution in [0.2, 0.25) is 0 Å². The molecule has 2 rings (SSSR count). The minimum atomic E-state index is 0.241. The lowest BCUT2D eigenvalue weighted by atomic mass is 10.1. The van der Waals surface area contributed by atoms with Gasteiger partial charge in [0.2, 0.25) is 0 Å². The molecule has 2 aromatic rings. The Morgan fingerprint density at radius 2 is 1.06 bits per heavy atom. The molecule has 0 aliphatic carbocycles. The molecule has 2 nitrogen and oxygen atoms in total.